The molecule has 1 aliphatic carbocycles. The van der Waals surface area contributed by atoms with Crippen molar-refractivity contribution in [1.29, 1.82) is 0 Å². The summed E-state index contributed by atoms with van der Waals surface area (Å²) < 4.78 is 4.78. The topological polar surface area (TPSA) is 65.2 Å². The summed E-state index contributed by atoms with van der Waals surface area (Å²) in [5, 5.41) is 0.886. The molecule has 4 nitrogen and oxygen atoms in total. The average molecular weight is 254 g/mol. The Bertz CT molecular complexity index is 413. The third kappa shape index (κ3) is 2.66. The van der Waals surface area contributed by atoms with Gasteiger partial charge >= 0.3 is 5.97 Å². The maximum atomic E-state index is 11.6. The van der Waals surface area contributed by atoms with Crippen LogP contribution in [0.4, 0.5) is 0 Å². The molecule has 94 valence electrons. The van der Waals surface area contributed by atoms with Crippen LogP contribution in [0.1, 0.15) is 52.6 Å². The molecule has 5 heteroatoms. The van der Waals surface area contributed by atoms with Gasteiger partial charge < -0.3 is 10.5 Å². The highest BCUT2D eigenvalue weighted by Crippen LogP contribution is 2.41. The molecule has 0 saturated heterocycles. The molecule has 1 atom stereocenters. The van der Waals surface area contributed by atoms with E-state index in [1.54, 1.807) is 0 Å². The molecule has 2 N–H and O–H groups in total. The molecule has 0 aliphatic heterocycles. The third-order valence-corrected chi connectivity index (χ3v) is 4.17. The molecule has 1 unspecified atom stereocenters. The predicted molar refractivity (Wildman–Crippen MR) is 67.1 cm³/mol. The van der Waals surface area contributed by atoms with E-state index in [0.29, 0.717) is 10.8 Å². The lowest BCUT2D eigenvalue weighted by Gasteiger charge is -2.04. The standard InChI is InChI=1S/C12H18N2O2S/c1-3-4-8-10(12(15)16-2)17-11(14-8)9(13)7-5-6-7/h7,9H,3-6,13H2,1-2H3. The van der Waals surface area contributed by atoms with Crippen LogP contribution < -0.4 is 5.73 Å². The minimum absolute atomic E-state index is 0.00554. The van der Waals surface area contributed by atoms with Crippen LogP contribution in [-0.4, -0.2) is 18.1 Å². The van der Waals surface area contributed by atoms with E-state index < -0.39 is 0 Å². The van der Waals surface area contributed by atoms with Gasteiger partial charge in [0.25, 0.3) is 0 Å². The van der Waals surface area contributed by atoms with Gasteiger partial charge in [0.05, 0.1) is 18.8 Å². The molecule has 17 heavy (non-hydrogen) atoms. The van der Waals surface area contributed by atoms with Gasteiger partial charge in [-0.1, -0.05) is 13.3 Å². The van der Waals surface area contributed by atoms with Crippen LogP contribution >= 0.6 is 11.3 Å². The largest absolute Gasteiger partial charge is 0.465 e. The van der Waals surface area contributed by atoms with Crippen LogP contribution in [0, 0.1) is 5.92 Å². The molecule has 0 amide bonds. The minimum atomic E-state index is -0.291. The fraction of sp³-hybridized carbons (Fsp3) is 0.667. The third-order valence-electron chi connectivity index (χ3n) is 2.99. The SMILES string of the molecule is CCCc1nc(C(N)C2CC2)sc1C(=O)OC. The van der Waals surface area contributed by atoms with Crippen molar-refractivity contribution in [1.82, 2.24) is 4.98 Å². The number of nitrogens with zero attached hydrogens (tertiary/aromatic N) is 1. The number of nitrogens with two attached hydrogens (primary N) is 1. The summed E-state index contributed by atoms with van der Waals surface area (Å²) in [5.41, 5.74) is 6.96. The van der Waals surface area contributed by atoms with Gasteiger partial charge in [-0.25, -0.2) is 9.78 Å². The zero-order valence-electron chi connectivity index (χ0n) is 10.2. The summed E-state index contributed by atoms with van der Waals surface area (Å²) in [7, 11) is 1.40. The van der Waals surface area contributed by atoms with E-state index in [1.807, 2.05) is 0 Å². The summed E-state index contributed by atoms with van der Waals surface area (Å²) in [6.45, 7) is 2.07. The van der Waals surface area contributed by atoms with E-state index in [-0.39, 0.29) is 12.0 Å². The Morgan fingerprint density at radius 3 is 2.88 bits per heavy atom. The predicted octanol–water partition coefficient (Wildman–Crippen LogP) is 2.29. The molecule has 1 fully saturated rings. The quantitative estimate of drug-likeness (QED) is 0.819. The normalized spacial score (nSPS) is 16.9. The lowest BCUT2D eigenvalue weighted by atomic mass is 10.2. The van der Waals surface area contributed by atoms with E-state index in [0.717, 1.165) is 23.5 Å². The molecular weight excluding hydrogens is 236 g/mol. The van der Waals surface area contributed by atoms with Crippen molar-refractivity contribution < 1.29 is 9.53 Å². The van der Waals surface area contributed by atoms with Crippen LogP contribution in [-0.2, 0) is 11.2 Å². The van der Waals surface area contributed by atoms with Gasteiger partial charge in [-0.15, -0.1) is 11.3 Å². The maximum Gasteiger partial charge on any atom is 0.349 e. The number of rotatable bonds is 5. The van der Waals surface area contributed by atoms with E-state index in [4.69, 9.17) is 10.5 Å². The van der Waals surface area contributed by atoms with Gasteiger partial charge in [-0.3, -0.25) is 0 Å². The number of esters is 1. The maximum absolute atomic E-state index is 11.6. The first-order chi connectivity index (χ1) is 8.17. The highest BCUT2D eigenvalue weighted by molar-refractivity contribution is 7.13. The first-order valence-electron chi connectivity index (χ1n) is 6.00. The van der Waals surface area contributed by atoms with Crippen LogP contribution in [0.2, 0.25) is 0 Å². The Hall–Kier alpha value is -0.940. The van der Waals surface area contributed by atoms with E-state index >= 15 is 0 Å². The van der Waals surface area contributed by atoms with Gasteiger partial charge in [-0.05, 0) is 25.2 Å². The molecule has 1 saturated carbocycles. The second kappa shape index (κ2) is 5.14. The Balaban J connectivity index is 2.25. The molecule has 1 aromatic rings. The van der Waals surface area contributed by atoms with E-state index in [1.165, 1.54) is 31.3 Å². The smallest absolute Gasteiger partial charge is 0.349 e. The van der Waals surface area contributed by atoms with Crippen molar-refractivity contribution in [3.63, 3.8) is 0 Å². The fourth-order valence-electron chi connectivity index (χ4n) is 1.83. The lowest BCUT2D eigenvalue weighted by molar-refractivity contribution is 0.0605. The highest BCUT2D eigenvalue weighted by atomic mass is 32.1. The summed E-state index contributed by atoms with van der Waals surface area (Å²) >= 11 is 1.40. The number of ether oxygens (including phenoxy) is 1. The van der Waals surface area contributed by atoms with Crippen LogP contribution in [0.15, 0.2) is 0 Å². The first kappa shape index (κ1) is 12.5. The van der Waals surface area contributed by atoms with Crippen LogP contribution in [0.3, 0.4) is 0 Å². The van der Waals surface area contributed by atoms with Crippen molar-refractivity contribution in [2.75, 3.05) is 7.11 Å². The van der Waals surface area contributed by atoms with Crippen molar-refractivity contribution in [3.8, 4) is 0 Å². The molecule has 0 spiro atoms. The van der Waals surface area contributed by atoms with Crippen LogP contribution in [0.5, 0.6) is 0 Å². The second-order valence-corrected chi connectivity index (χ2v) is 5.46. The van der Waals surface area contributed by atoms with Gasteiger partial charge in [0.1, 0.15) is 9.88 Å². The van der Waals surface area contributed by atoms with Gasteiger partial charge in [0, 0.05) is 0 Å². The molecule has 1 heterocycles. The van der Waals surface area contributed by atoms with Gasteiger partial charge in [0.2, 0.25) is 0 Å². The molecule has 0 bridgehead atoms. The average Bonchev–Trinajstić information content (AvgIpc) is 3.09. The van der Waals surface area contributed by atoms with Gasteiger partial charge in [-0.2, -0.15) is 0 Å². The molecule has 2 rings (SSSR count). The molecule has 0 radical (unpaired) electrons. The van der Waals surface area contributed by atoms with Crippen LogP contribution in [0.25, 0.3) is 0 Å². The van der Waals surface area contributed by atoms with Crippen molar-refractivity contribution in [2.45, 2.75) is 38.6 Å². The van der Waals surface area contributed by atoms with Gasteiger partial charge in [0.15, 0.2) is 0 Å². The monoisotopic (exact) mass is 254 g/mol. The minimum Gasteiger partial charge on any atom is -0.465 e. The Kier molecular flexibility index (Phi) is 3.79. The Morgan fingerprint density at radius 2 is 2.35 bits per heavy atom. The number of aromatic nitrogens is 1. The number of hydrogen-bond acceptors (Lipinski definition) is 5. The number of thiazole rings is 1. The number of carbonyl (C=O) groups is 1. The zero-order valence-corrected chi connectivity index (χ0v) is 11.0. The van der Waals surface area contributed by atoms with E-state index in [9.17, 15) is 4.79 Å². The fourth-order valence-corrected chi connectivity index (χ4v) is 2.95. The van der Waals surface area contributed by atoms with Crippen molar-refractivity contribution in [2.24, 2.45) is 11.7 Å². The summed E-state index contributed by atoms with van der Waals surface area (Å²) in [6, 6.07) is -0.00554. The summed E-state index contributed by atoms with van der Waals surface area (Å²) in [4.78, 5) is 16.8. The highest BCUT2D eigenvalue weighted by Gasteiger charge is 2.32. The zero-order chi connectivity index (χ0) is 12.4. The number of hydrogen-bond donors (Lipinski definition) is 1. The van der Waals surface area contributed by atoms with Crippen molar-refractivity contribution in [3.05, 3.63) is 15.6 Å². The molecular formula is C12H18N2O2S. The molecule has 1 aromatic heterocycles. The van der Waals surface area contributed by atoms with E-state index in [2.05, 4.69) is 11.9 Å². The number of carbonyl (C=O) groups excluding carboxylic acids is 1. The summed E-state index contributed by atoms with van der Waals surface area (Å²) in [6.07, 6.45) is 4.12. The van der Waals surface area contributed by atoms with Crippen molar-refractivity contribution >= 4 is 17.3 Å². The Morgan fingerprint density at radius 1 is 1.65 bits per heavy atom. The lowest BCUT2D eigenvalue weighted by Crippen LogP contribution is -2.11. The second-order valence-electron chi connectivity index (χ2n) is 4.43. The summed E-state index contributed by atoms with van der Waals surface area (Å²) in [5.74, 6) is 0.265. The number of methoxy groups -OCH3 is 1. The molecule has 1 aliphatic rings. The Labute approximate surface area is 105 Å². The number of aryl methyl sites for hydroxylation is 1. The molecule has 0 aromatic carbocycles. The first-order valence-corrected chi connectivity index (χ1v) is 6.82.